The normalized spacial score (nSPS) is 11.6. The molecule has 0 aliphatic heterocycles. The second kappa shape index (κ2) is 2.92. The number of hydrogen-bond acceptors (Lipinski definition) is 3. The third-order valence-electron chi connectivity index (χ3n) is 1.95. The number of halogens is 2. The monoisotopic (exact) mass is 287 g/mol. The first-order valence-corrected chi connectivity index (χ1v) is 5.82. The van der Waals surface area contributed by atoms with Gasteiger partial charge in [0, 0.05) is 9.50 Å². The highest BCUT2D eigenvalue weighted by molar-refractivity contribution is 9.10. The van der Waals surface area contributed by atoms with Gasteiger partial charge in [0.15, 0.2) is 0 Å². The maximum atomic E-state index is 5.95. The van der Waals surface area contributed by atoms with E-state index < -0.39 is 0 Å². The molecule has 3 nitrogen and oxygen atoms in total. The molecule has 3 aromatic rings. The molecule has 0 radical (unpaired) electrons. The van der Waals surface area contributed by atoms with Gasteiger partial charge < -0.3 is 0 Å². The predicted octanol–water partition coefficient (Wildman–Crippen LogP) is 3.36. The van der Waals surface area contributed by atoms with Crippen LogP contribution in [0.15, 0.2) is 22.9 Å². The summed E-state index contributed by atoms with van der Waals surface area (Å²) in [5.41, 5.74) is 1.07. The van der Waals surface area contributed by atoms with Crippen LogP contribution in [-0.4, -0.2) is 14.6 Å². The zero-order valence-electron chi connectivity index (χ0n) is 6.74. The van der Waals surface area contributed by atoms with Crippen LogP contribution in [0.2, 0.25) is 5.02 Å². The Balaban J connectivity index is 2.62. The summed E-state index contributed by atoms with van der Waals surface area (Å²) in [6, 6.07) is 3.80. The minimum Gasteiger partial charge on any atom is -0.271 e. The Kier molecular flexibility index (Phi) is 1.80. The number of rotatable bonds is 0. The number of fused-ring (bicyclic) bond motifs is 3. The van der Waals surface area contributed by atoms with Gasteiger partial charge in [0.05, 0.1) is 10.2 Å². The van der Waals surface area contributed by atoms with Crippen LogP contribution in [0.5, 0.6) is 0 Å². The molecule has 6 heteroatoms. The molecule has 0 aliphatic rings. The van der Waals surface area contributed by atoms with Gasteiger partial charge in [-0.1, -0.05) is 22.9 Å². The van der Waals surface area contributed by atoms with E-state index in [1.807, 2.05) is 16.5 Å². The van der Waals surface area contributed by atoms with Crippen LogP contribution in [0.25, 0.3) is 15.2 Å². The number of aromatic nitrogens is 3. The summed E-state index contributed by atoms with van der Waals surface area (Å²) in [6.45, 7) is 0. The molecule has 1 aromatic carbocycles. The molecule has 2 aromatic heterocycles. The van der Waals surface area contributed by atoms with Gasteiger partial charge in [0.25, 0.3) is 0 Å². The second-order valence-corrected chi connectivity index (χ2v) is 5.12. The Morgan fingerprint density at radius 3 is 3.14 bits per heavy atom. The van der Waals surface area contributed by atoms with Crippen LogP contribution < -0.4 is 0 Å². The number of nitrogens with zero attached hydrogens (tertiary/aromatic N) is 3. The summed E-state index contributed by atoms with van der Waals surface area (Å²) in [5, 5.41) is 8.56. The third kappa shape index (κ3) is 1.09. The Hall–Kier alpha value is -0.650. The molecule has 14 heavy (non-hydrogen) atoms. The summed E-state index contributed by atoms with van der Waals surface area (Å²) in [5.74, 6) is 0. The molecule has 2 heterocycles. The molecular formula is C8H3BrClN3S. The summed E-state index contributed by atoms with van der Waals surface area (Å²) in [6.07, 6.45) is 1.70. The van der Waals surface area contributed by atoms with Crippen molar-refractivity contribution in [1.82, 2.24) is 14.6 Å². The van der Waals surface area contributed by atoms with E-state index in [9.17, 15) is 0 Å². The van der Waals surface area contributed by atoms with Crippen molar-refractivity contribution in [2.45, 2.75) is 0 Å². The summed E-state index contributed by atoms with van der Waals surface area (Å²) >= 11 is 11.0. The Labute approximate surface area is 96.5 Å². The Morgan fingerprint density at radius 2 is 2.29 bits per heavy atom. The fourth-order valence-electron chi connectivity index (χ4n) is 1.40. The molecule has 0 bridgehead atoms. The van der Waals surface area contributed by atoms with Gasteiger partial charge in [-0.3, -0.25) is 4.40 Å². The molecule has 0 atom stereocenters. The Morgan fingerprint density at radius 1 is 1.43 bits per heavy atom. The van der Waals surface area contributed by atoms with E-state index in [4.69, 9.17) is 11.6 Å². The quantitative estimate of drug-likeness (QED) is 0.635. The first-order chi connectivity index (χ1) is 6.75. The van der Waals surface area contributed by atoms with Crippen LogP contribution >= 0.6 is 38.9 Å². The van der Waals surface area contributed by atoms with Gasteiger partial charge >= 0.3 is 0 Å². The number of benzene rings is 1. The van der Waals surface area contributed by atoms with E-state index in [0.717, 1.165) is 24.7 Å². The summed E-state index contributed by atoms with van der Waals surface area (Å²) < 4.78 is 4.01. The predicted molar refractivity (Wildman–Crippen MR) is 61.1 cm³/mol. The van der Waals surface area contributed by atoms with E-state index in [-0.39, 0.29) is 0 Å². The van der Waals surface area contributed by atoms with Crippen molar-refractivity contribution in [3.8, 4) is 0 Å². The average molecular weight is 289 g/mol. The van der Waals surface area contributed by atoms with Crippen molar-refractivity contribution >= 4 is 54.0 Å². The van der Waals surface area contributed by atoms with Crippen molar-refractivity contribution < 1.29 is 0 Å². The van der Waals surface area contributed by atoms with Crippen LogP contribution in [0.3, 0.4) is 0 Å². The van der Waals surface area contributed by atoms with Crippen LogP contribution in [0, 0.1) is 0 Å². The van der Waals surface area contributed by atoms with Crippen LogP contribution in [0.1, 0.15) is 0 Å². The van der Waals surface area contributed by atoms with Gasteiger partial charge in [-0.15, -0.1) is 10.2 Å². The first-order valence-electron chi connectivity index (χ1n) is 3.83. The van der Waals surface area contributed by atoms with Gasteiger partial charge in [-0.05, 0) is 28.1 Å². The lowest BCUT2D eigenvalue weighted by atomic mass is 10.3. The minimum absolute atomic E-state index is 0.724. The molecule has 70 valence electrons. The van der Waals surface area contributed by atoms with Crippen molar-refractivity contribution in [3.63, 3.8) is 0 Å². The highest BCUT2D eigenvalue weighted by Crippen LogP contribution is 2.33. The van der Waals surface area contributed by atoms with E-state index in [1.54, 1.807) is 17.7 Å². The lowest BCUT2D eigenvalue weighted by Gasteiger charge is -1.95. The smallest absolute Gasteiger partial charge is 0.217 e. The molecule has 0 aliphatic carbocycles. The number of hydrogen-bond donors (Lipinski definition) is 0. The summed E-state index contributed by atoms with van der Waals surface area (Å²) in [4.78, 5) is 0.878. The SMILES string of the molecule is Clc1cc(Br)c2c(c1)sc1nncn12. The topological polar surface area (TPSA) is 30.2 Å². The van der Waals surface area contributed by atoms with Crippen LogP contribution in [0.4, 0.5) is 0 Å². The second-order valence-electron chi connectivity index (χ2n) is 2.82. The third-order valence-corrected chi connectivity index (χ3v) is 3.77. The lowest BCUT2D eigenvalue weighted by Crippen LogP contribution is -1.78. The van der Waals surface area contributed by atoms with Crippen molar-refractivity contribution in [3.05, 3.63) is 28.0 Å². The van der Waals surface area contributed by atoms with E-state index >= 15 is 0 Å². The average Bonchev–Trinajstić information content (AvgIpc) is 2.60. The molecule has 3 rings (SSSR count). The highest BCUT2D eigenvalue weighted by atomic mass is 79.9. The zero-order valence-corrected chi connectivity index (χ0v) is 9.90. The van der Waals surface area contributed by atoms with Gasteiger partial charge in [0.2, 0.25) is 4.96 Å². The molecular weight excluding hydrogens is 286 g/mol. The van der Waals surface area contributed by atoms with Crippen molar-refractivity contribution in [2.24, 2.45) is 0 Å². The van der Waals surface area contributed by atoms with E-state index in [2.05, 4.69) is 26.1 Å². The molecule has 0 unspecified atom stereocenters. The van der Waals surface area contributed by atoms with Crippen molar-refractivity contribution in [2.75, 3.05) is 0 Å². The maximum Gasteiger partial charge on any atom is 0.217 e. The molecule has 0 N–H and O–H groups in total. The van der Waals surface area contributed by atoms with E-state index in [1.165, 1.54) is 0 Å². The summed E-state index contributed by atoms with van der Waals surface area (Å²) in [7, 11) is 0. The molecule has 0 spiro atoms. The largest absolute Gasteiger partial charge is 0.271 e. The first kappa shape index (κ1) is 8.64. The molecule has 0 amide bonds. The molecule has 0 saturated heterocycles. The van der Waals surface area contributed by atoms with Crippen LogP contribution in [-0.2, 0) is 0 Å². The Bertz CT molecular complexity index is 630. The minimum atomic E-state index is 0.724. The lowest BCUT2D eigenvalue weighted by molar-refractivity contribution is 1.11. The number of thiazole rings is 1. The van der Waals surface area contributed by atoms with E-state index in [0.29, 0.717) is 0 Å². The van der Waals surface area contributed by atoms with Gasteiger partial charge in [-0.2, -0.15) is 0 Å². The van der Waals surface area contributed by atoms with Gasteiger partial charge in [-0.25, -0.2) is 0 Å². The zero-order chi connectivity index (χ0) is 9.71. The standard InChI is InChI=1S/C8H3BrClN3S/c9-5-1-4(10)2-6-7(5)13-3-11-12-8(13)14-6/h1-3H. The fraction of sp³-hybridized carbons (Fsp3) is 0. The molecule has 0 saturated carbocycles. The fourth-order valence-corrected chi connectivity index (χ4v) is 3.61. The highest BCUT2D eigenvalue weighted by Gasteiger charge is 2.09. The van der Waals surface area contributed by atoms with Crippen molar-refractivity contribution in [1.29, 1.82) is 0 Å². The van der Waals surface area contributed by atoms with Gasteiger partial charge in [0.1, 0.15) is 6.33 Å². The molecule has 0 fully saturated rings. The maximum absolute atomic E-state index is 5.95.